The number of aromatic nitrogens is 1. The summed E-state index contributed by atoms with van der Waals surface area (Å²) in [5.74, 6) is 0. The van der Waals surface area contributed by atoms with Crippen molar-refractivity contribution in [3.05, 3.63) is 66.4 Å². The third-order valence-corrected chi connectivity index (χ3v) is 3.17. The molecule has 0 spiro atoms. The van der Waals surface area contributed by atoms with Crippen LogP contribution < -0.4 is 5.32 Å². The number of anilines is 1. The van der Waals surface area contributed by atoms with Gasteiger partial charge in [0.05, 0.1) is 0 Å². The Kier molecular flexibility index (Phi) is 3.01. The first-order chi connectivity index (χ1) is 8.93. The Hall–Kier alpha value is -2.22. The number of nitrogens with one attached hydrogen (secondary N) is 2. The van der Waals surface area contributed by atoms with Gasteiger partial charge in [-0.2, -0.15) is 0 Å². The molecule has 0 unspecified atom stereocenters. The fraction of sp³-hybridized carbons (Fsp3) is 0.125. The van der Waals surface area contributed by atoms with E-state index in [1.165, 1.54) is 22.2 Å². The van der Waals surface area contributed by atoms with Crippen molar-refractivity contribution >= 4 is 16.6 Å². The number of hydrogen-bond acceptors (Lipinski definition) is 1. The van der Waals surface area contributed by atoms with E-state index in [0.717, 1.165) is 13.0 Å². The van der Waals surface area contributed by atoms with Gasteiger partial charge in [0.15, 0.2) is 0 Å². The molecule has 2 N–H and O–H groups in total. The number of rotatable bonds is 4. The summed E-state index contributed by atoms with van der Waals surface area (Å²) in [5.41, 5.74) is 3.76. The molecule has 0 aliphatic rings. The lowest BCUT2D eigenvalue weighted by Gasteiger charge is -2.05. The van der Waals surface area contributed by atoms with Gasteiger partial charge in [-0.1, -0.05) is 36.4 Å². The van der Waals surface area contributed by atoms with E-state index in [-0.39, 0.29) is 0 Å². The molecule has 3 rings (SSSR count). The first kappa shape index (κ1) is 10.9. The molecule has 1 aromatic heterocycles. The van der Waals surface area contributed by atoms with E-state index in [9.17, 15) is 0 Å². The minimum Gasteiger partial charge on any atom is -0.385 e. The number of para-hydroxylation sites is 2. The molecule has 3 aromatic rings. The molecule has 18 heavy (non-hydrogen) atoms. The molecule has 0 bridgehead atoms. The van der Waals surface area contributed by atoms with Crippen molar-refractivity contribution in [2.45, 2.75) is 6.42 Å². The van der Waals surface area contributed by atoms with Crippen LogP contribution in [0.4, 0.5) is 5.69 Å². The molecule has 0 aliphatic carbocycles. The Morgan fingerprint density at radius 3 is 2.56 bits per heavy atom. The molecule has 0 radical (unpaired) electrons. The molecule has 0 saturated heterocycles. The zero-order chi connectivity index (χ0) is 12.2. The standard InChI is InChI=1S/C16H16N2/c1-2-6-14(7-3-1)17-11-10-13-12-18-16-9-5-4-8-15(13)16/h1-9,12,17-18H,10-11H2. The molecule has 0 amide bonds. The van der Waals surface area contributed by atoms with Gasteiger partial charge in [0.25, 0.3) is 0 Å². The van der Waals surface area contributed by atoms with Crippen molar-refractivity contribution in [3.63, 3.8) is 0 Å². The topological polar surface area (TPSA) is 27.8 Å². The summed E-state index contributed by atoms with van der Waals surface area (Å²) in [6.45, 7) is 0.950. The summed E-state index contributed by atoms with van der Waals surface area (Å²) >= 11 is 0. The van der Waals surface area contributed by atoms with Crippen LogP contribution in [0.2, 0.25) is 0 Å². The maximum absolute atomic E-state index is 3.43. The van der Waals surface area contributed by atoms with Crippen LogP contribution in [0.25, 0.3) is 10.9 Å². The number of aromatic amines is 1. The lowest BCUT2D eigenvalue weighted by atomic mass is 10.1. The van der Waals surface area contributed by atoms with Gasteiger partial charge in [0.1, 0.15) is 0 Å². The van der Waals surface area contributed by atoms with Crippen LogP contribution in [-0.2, 0) is 6.42 Å². The van der Waals surface area contributed by atoms with Crippen LogP contribution in [-0.4, -0.2) is 11.5 Å². The predicted molar refractivity (Wildman–Crippen MR) is 76.9 cm³/mol. The molecule has 2 aromatic carbocycles. The maximum Gasteiger partial charge on any atom is 0.0456 e. The Morgan fingerprint density at radius 1 is 0.889 bits per heavy atom. The van der Waals surface area contributed by atoms with Crippen molar-refractivity contribution in [2.24, 2.45) is 0 Å². The Labute approximate surface area is 107 Å². The SMILES string of the molecule is c1ccc(NCCc2c[nH]c3ccccc23)cc1. The van der Waals surface area contributed by atoms with E-state index in [1.54, 1.807) is 0 Å². The number of hydrogen-bond donors (Lipinski definition) is 2. The highest BCUT2D eigenvalue weighted by Gasteiger charge is 2.01. The average molecular weight is 236 g/mol. The third-order valence-electron chi connectivity index (χ3n) is 3.17. The monoisotopic (exact) mass is 236 g/mol. The quantitative estimate of drug-likeness (QED) is 0.708. The fourth-order valence-electron chi connectivity index (χ4n) is 2.24. The molecule has 2 heteroatoms. The summed E-state index contributed by atoms with van der Waals surface area (Å²) in [5, 5.41) is 4.76. The van der Waals surface area contributed by atoms with Gasteiger partial charge in [-0.25, -0.2) is 0 Å². The summed E-state index contributed by atoms with van der Waals surface area (Å²) in [6.07, 6.45) is 3.14. The fourth-order valence-corrected chi connectivity index (χ4v) is 2.24. The molecule has 0 aliphatic heterocycles. The average Bonchev–Trinajstić information content (AvgIpc) is 2.84. The lowest BCUT2D eigenvalue weighted by Crippen LogP contribution is -2.04. The van der Waals surface area contributed by atoms with E-state index in [2.05, 4.69) is 52.9 Å². The van der Waals surface area contributed by atoms with E-state index < -0.39 is 0 Å². The van der Waals surface area contributed by atoms with Crippen LogP contribution in [0.15, 0.2) is 60.8 Å². The zero-order valence-electron chi connectivity index (χ0n) is 10.2. The third kappa shape index (κ3) is 2.23. The van der Waals surface area contributed by atoms with Crippen LogP contribution >= 0.6 is 0 Å². The van der Waals surface area contributed by atoms with E-state index in [4.69, 9.17) is 0 Å². The van der Waals surface area contributed by atoms with Gasteiger partial charge in [-0.3, -0.25) is 0 Å². The van der Waals surface area contributed by atoms with Gasteiger partial charge < -0.3 is 10.3 Å². The molecule has 0 atom stereocenters. The van der Waals surface area contributed by atoms with E-state index in [0.29, 0.717) is 0 Å². The molecule has 1 heterocycles. The minimum atomic E-state index is 0.950. The van der Waals surface area contributed by atoms with Gasteiger partial charge in [0, 0.05) is 29.3 Å². The minimum absolute atomic E-state index is 0.950. The Morgan fingerprint density at radius 2 is 1.67 bits per heavy atom. The highest BCUT2D eigenvalue weighted by atomic mass is 14.9. The van der Waals surface area contributed by atoms with Gasteiger partial charge in [-0.15, -0.1) is 0 Å². The first-order valence-corrected chi connectivity index (χ1v) is 6.27. The summed E-state index contributed by atoms with van der Waals surface area (Å²) < 4.78 is 0. The number of fused-ring (bicyclic) bond motifs is 1. The second-order valence-corrected chi connectivity index (χ2v) is 4.40. The first-order valence-electron chi connectivity index (χ1n) is 6.27. The Bertz CT molecular complexity index is 626. The van der Waals surface area contributed by atoms with Gasteiger partial charge >= 0.3 is 0 Å². The largest absolute Gasteiger partial charge is 0.385 e. The zero-order valence-corrected chi connectivity index (χ0v) is 10.2. The second kappa shape index (κ2) is 4.96. The number of benzene rings is 2. The van der Waals surface area contributed by atoms with Crippen LogP contribution in [0.1, 0.15) is 5.56 Å². The van der Waals surface area contributed by atoms with Crippen molar-refractivity contribution in [3.8, 4) is 0 Å². The normalized spacial score (nSPS) is 10.7. The number of H-pyrrole nitrogens is 1. The van der Waals surface area contributed by atoms with Crippen LogP contribution in [0.5, 0.6) is 0 Å². The molecule has 90 valence electrons. The van der Waals surface area contributed by atoms with Crippen LogP contribution in [0, 0.1) is 0 Å². The van der Waals surface area contributed by atoms with Crippen LogP contribution in [0.3, 0.4) is 0 Å². The maximum atomic E-state index is 3.43. The lowest BCUT2D eigenvalue weighted by molar-refractivity contribution is 1.03. The van der Waals surface area contributed by atoms with Crippen molar-refractivity contribution in [1.29, 1.82) is 0 Å². The van der Waals surface area contributed by atoms with E-state index >= 15 is 0 Å². The molecular formula is C16H16N2. The summed E-state index contributed by atoms with van der Waals surface area (Å²) in [6, 6.07) is 18.7. The van der Waals surface area contributed by atoms with Crippen molar-refractivity contribution in [2.75, 3.05) is 11.9 Å². The van der Waals surface area contributed by atoms with Gasteiger partial charge in [-0.05, 0) is 30.2 Å². The highest BCUT2D eigenvalue weighted by molar-refractivity contribution is 5.83. The summed E-state index contributed by atoms with van der Waals surface area (Å²) in [7, 11) is 0. The molecular weight excluding hydrogens is 220 g/mol. The smallest absolute Gasteiger partial charge is 0.0456 e. The molecule has 0 saturated carbocycles. The Balaban J connectivity index is 1.67. The van der Waals surface area contributed by atoms with Crippen molar-refractivity contribution in [1.82, 2.24) is 4.98 Å². The van der Waals surface area contributed by atoms with E-state index in [1.807, 2.05) is 18.2 Å². The highest BCUT2D eigenvalue weighted by Crippen LogP contribution is 2.18. The predicted octanol–water partition coefficient (Wildman–Crippen LogP) is 3.82. The van der Waals surface area contributed by atoms with Gasteiger partial charge in [0.2, 0.25) is 0 Å². The molecule has 0 fully saturated rings. The second-order valence-electron chi connectivity index (χ2n) is 4.40. The molecule has 2 nitrogen and oxygen atoms in total. The van der Waals surface area contributed by atoms with Crippen molar-refractivity contribution < 1.29 is 0 Å². The summed E-state index contributed by atoms with van der Waals surface area (Å²) in [4.78, 5) is 3.31.